The molecular weight excluding hydrogens is 322 g/mol. The van der Waals surface area contributed by atoms with Crippen LogP contribution in [0, 0.1) is 6.92 Å². The van der Waals surface area contributed by atoms with Gasteiger partial charge in [0.2, 0.25) is 10.0 Å². The van der Waals surface area contributed by atoms with Gasteiger partial charge in [-0.05, 0) is 47.5 Å². The number of benzene rings is 1. The summed E-state index contributed by atoms with van der Waals surface area (Å²) in [6.07, 6.45) is 0. The lowest BCUT2D eigenvalue weighted by Crippen LogP contribution is -2.40. The van der Waals surface area contributed by atoms with Gasteiger partial charge in [0, 0.05) is 11.5 Å². The molecule has 0 spiro atoms. The summed E-state index contributed by atoms with van der Waals surface area (Å²) in [6.45, 7) is 3.16. The average molecular weight is 336 g/mol. The summed E-state index contributed by atoms with van der Waals surface area (Å²) < 4.78 is 25.7. The third kappa shape index (κ3) is 2.90. The highest BCUT2D eigenvalue weighted by atomic mass is 79.9. The fraction of sp³-hybridized carbons (Fsp3) is 0.364. The normalized spacial score (nSPS) is 13.6. The van der Waals surface area contributed by atoms with Gasteiger partial charge in [0.25, 0.3) is 0 Å². The molecule has 5 nitrogen and oxygen atoms in total. The second-order valence-electron chi connectivity index (χ2n) is 3.97. The van der Waals surface area contributed by atoms with Crippen LogP contribution >= 0.6 is 15.9 Å². The number of halogens is 1. The minimum absolute atomic E-state index is 0.0590. The van der Waals surface area contributed by atoms with Crippen LogP contribution in [0.5, 0.6) is 0 Å². The minimum Gasteiger partial charge on any atom is -0.480 e. The molecule has 0 bridgehead atoms. The van der Waals surface area contributed by atoms with Gasteiger partial charge < -0.3 is 5.11 Å². The summed E-state index contributed by atoms with van der Waals surface area (Å²) in [4.78, 5) is 10.9. The average Bonchev–Trinajstić information content (AvgIpc) is 2.26. The molecule has 0 fully saturated rings. The molecule has 18 heavy (non-hydrogen) atoms. The maximum absolute atomic E-state index is 12.2. The molecule has 0 saturated carbocycles. The molecule has 0 amide bonds. The zero-order valence-corrected chi connectivity index (χ0v) is 12.6. The molecule has 1 atom stereocenters. The first-order valence-corrected chi connectivity index (χ1v) is 7.38. The third-order valence-corrected chi connectivity index (χ3v) is 5.55. The minimum atomic E-state index is -3.83. The molecule has 0 aliphatic rings. The van der Waals surface area contributed by atoms with E-state index >= 15 is 0 Å². The summed E-state index contributed by atoms with van der Waals surface area (Å²) in [5, 5.41) is 8.86. The van der Waals surface area contributed by atoms with Crippen LogP contribution in [0.25, 0.3) is 0 Å². The number of aliphatic carboxylic acids is 1. The molecule has 1 aromatic carbocycles. The Kier molecular flexibility index (Phi) is 4.52. The van der Waals surface area contributed by atoms with Gasteiger partial charge in [-0.1, -0.05) is 6.07 Å². The first kappa shape index (κ1) is 15.1. The Morgan fingerprint density at radius 2 is 2.00 bits per heavy atom. The van der Waals surface area contributed by atoms with Crippen LogP contribution in [-0.2, 0) is 14.8 Å². The highest BCUT2D eigenvalue weighted by Gasteiger charge is 2.30. The quantitative estimate of drug-likeness (QED) is 0.911. The van der Waals surface area contributed by atoms with E-state index in [0.29, 0.717) is 4.47 Å². The highest BCUT2D eigenvalue weighted by molar-refractivity contribution is 9.10. The lowest BCUT2D eigenvalue weighted by Gasteiger charge is -2.21. The van der Waals surface area contributed by atoms with Crippen molar-refractivity contribution in [3.63, 3.8) is 0 Å². The summed E-state index contributed by atoms with van der Waals surface area (Å²) >= 11 is 3.18. The number of carboxylic acid groups (broad SMARTS) is 1. The first-order chi connectivity index (χ1) is 8.17. The number of hydrogen-bond acceptors (Lipinski definition) is 3. The zero-order chi connectivity index (χ0) is 14.1. The molecule has 0 saturated heterocycles. The van der Waals surface area contributed by atoms with Gasteiger partial charge in [0.15, 0.2) is 0 Å². The van der Waals surface area contributed by atoms with Crippen molar-refractivity contribution in [2.45, 2.75) is 24.8 Å². The van der Waals surface area contributed by atoms with Crippen molar-refractivity contribution in [2.24, 2.45) is 0 Å². The molecule has 0 heterocycles. The van der Waals surface area contributed by atoms with Gasteiger partial charge in [-0.15, -0.1) is 0 Å². The number of carbonyl (C=O) groups is 1. The number of carboxylic acids is 1. The molecule has 1 N–H and O–H groups in total. The summed E-state index contributed by atoms with van der Waals surface area (Å²) in [7, 11) is -2.57. The predicted octanol–water partition coefficient (Wildman–Crippen LogP) is 1.85. The van der Waals surface area contributed by atoms with Gasteiger partial charge in [-0.3, -0.25) is 4.79 Å². The van der Waals surface area contributed by atoms with Crippen molar-refractivity contribution in [1.82, 2.24) is 4.31 Å². The number of likely N-dealkylation sites (N-methyl/N-ethyl adjacent to an activating group) is 1. The third-order valence-electron chi connectivity index (χ3n) is 2.65. The van der Waals surface area contributed by atoms with E-state index in [2.05, 4.69) is 15.9 Å². The molecule has 0 aliphatic carbocycles. The Balaban J connectivity index is 3.25. The molecule has 1 unspecified atom stereocenters. The lowest BCUT2D eigenvalue weighted by molar-refractivity contribution is -0.140. The van der Waals surface area contributed by atoms with Crippen molar-refractivity contribution in [1.29, 1.82) is 0 Å². The van der Waals surface area contributed by atoms with E-state index in [0.717, 1.165) is 9.87 Å². The Hall–Kier alpha value is -0.920. The van der Waals surface area contributed by atoms with E-state index < -0.39 is 22.0 Å². The molecule has 0 aliphatic heterocycles. The van der Waals surface area contributed by atoms with Crippen molar-refractivity contribution >= 4 is 31.9 Å². The smallest absolute Gasteiger partial charge is 0.321 e. The SMILES string of the molecule is Cc1ccc(S(=O)(=O)N(C)C(C)C(=O)O)c(Br)c1. The van der Waals surface area contributed by atoms with Crippen LogP contribution in [0.3, 0.4) is 0 Å². The van der Waals surface area contributed by atoms with Crippen LogP contribution in [0.1, 0.15) is 12.5 Å². The Morgan fingerprint density at radius 3 is 2.44 bits per heavy atom. The van der Waals surface area contributed by atoms with E-state index in [9.17, 15) is 13.2 Å². The maximum Gasteiger partial charge on any atom is 0.321 e. The van der Waals surface area contributed by atoms with Crippen LogP contribution in [-0.4, -0.2) is 36.9 Å². The van der Waals surface area contributed by atoms with E-state index in [-0.39, 0.29) is 4.90 Å². The Labute approximate surface area is 115 Å². The largest absolute Gasteiger partial charge is 0.480 e. The predicted molar refractivity (Wildman–Crippen MR) is 70.9 cm³/mol. The topological polar surface area (TPSA) is 74.7 Å². The van der Waals surface area contributed by atoms with Gasteiger partial charge in [-0.25, -0.2) is 8.42 Å². The number of hydrogen-bond donors (Lipinski definition) is 1. The fourth-order valence-corrected chi connectivity index (χ4v) is 3.80. The van der Waals surface area contributed by atoms with E-state index in [1.165, 1.54) is 20.0 Å². The number of aryl methyl sites for hydroxylation is 1. The number of nitrogens with zero attached hydrogens (tertiary/aromatic N) is 1. The van der Waals surface area contributed by atoms with E-state index in [4.69, 9.17) is 5.11 Å². The van der Waals surface area contributed by atoms with Crippen molar-refractivity contribution in [3.05, 3.63) is 28.2 Å². The Morgan fingerprint density at radius 1 is 1.44 bits per heavy atom. The van der Waals surface area contributed by atoms with Crippen LogP contribution in [0.2, 0.25) is 0 Å². The molecule has 0 aromatic heterocycles. The van der Waals surface area contributed by atoms with Crippen LogP contribution in [0.15, 0.2) is 27.6 Å². The molecular formula is C11H14BrNO4S. The molecule has 1 rings (SSSR count). The number of rotatable bonds is 4. The monoisotopic (exact) mass is 335 g/mol. The van der Waals surface area contributed by atoms with Gasteiger partial charge in [0.05, 0.1) is 4.90 Å². The van der Waals surface area contributed by atoms with Gasteiger partial charge in [-0.2, -0.15) is 4.31 Å². The van der Waals surface area contributed by atoms with E-state index in [1.54, 1.807) is 12.1 Å². The van der Waals surface area contributed by atoms with Crippen LogP contribution < -0.4 is 0 Å². The molecule has 100 valence electrons. The van der Waals surface area contributed by atoms with Gasteiger partial charge >= 0.3 is 5.97 Å². The van der Waals surface area contributed by atoms with Gasteiger partial charge in [0.1, 0.15) is 6.04 Å². The second kappa shape index (κ2) is 5.38. The summed E-state index contributed by atoms with van der Waals surface area (Å²) in [6, 6.07) is 3.67. The lowest BCUT2D eigenvalue weighted by atomic mass is 10.2. The van der Waals surface area contributed by atoms with Crippen LogP contribution in [0.4, 0.5) is 0 Å². The highest BCUT2D eigenvalue weighted by Crippen LogP contribution is 2.26. The fourth-order valence-electron chi connectivity index (χ4n) is 1.33. The van der Waals surface area contributed by atoms with Crippen molar-refractivity contribution in [3.8, 4) is 0 Å². The summed E-state index contributed by atoms with van der Waals surface area (Å²) in [5.41, 5.74) is 0.912. The molecule has 1 aromatic rings. The Bertz CT molecular complexity index is 570. The summed E-state index contributed by atoms with van der Waals surface area (Å²) in [5.74, 6) is -1.19. The van der Waals surface area contributed by atoms with Crippen molar-refractivity contribution in [2.75, 3.05) is 7.05 Å². The van der Waals surface area contributed by atoms with E-state index in [1.807, 2.05) is 6.92 Å². The van der Waals surface area contributed by atoms with Crippen molar-refractivity contribution < 1.29 is 18.3 Å². The molecule has 0 radical (unpaired) electrons. The first-order valence-electron chi connectivity index (χ1n) is 5.15. The number of sulfonamides is 1. The zero-order valence-electron chi connectivity index (χ0n) is 10.2. The second-order valence-corrected chi connectivity index (χ2v) is 6.79. The maximum atomic E-state index is 12.2. The molecule has 7 heteroatoms. The standard InChI is InChI=1S/C11H14BrNO4S/c1-7-4-5-10(9(12)6-7)18(16,17)13(3)8(2)11(14)15/h4-6,8H,1-3H3,(H,14,15).